The van der Waals surface area contributed by atoms with Crippen LogP contribution >= 0.6 is 11.6 Å². The lowest BCUT2D eigenvalue weighted by Crippen LogP contribution is -2.20. The summed E-state index contributed by atoms with van der Waals surface area (Å²) >= 11 is 5.72. The molecule has 0 unspecified atom stereocenters. The van der Waals surface area contributed by atoms with E-state index in [4.69, 9.17) is 27.8 Å². The summed E-state index contributed by atoms with van der Waals surface area (Å²) in [6.45, 7) is 1.44. The molecule has 0 spiro atoms. The van der Waals surface area contributed by atoms with Crippen LogP contribution in [0.3, 0.4) is 0 Å². The minimum absolute atomic E-state index is 0.111. The Morgan fingerprint density at radius 1 is 1.39 bits per heavy atom. The van der Waals surface area contributed by atoms with Crippen LogP contribution in [0.4, 0.5) is 9.59 Å². The van der Waals surface area contributed by atoms with Crippen LogP contribution in [0.25, 0.3) is 0 Å². The fraction of sp³-hybridized carbons (Fsp3) is 0.300. The second kappa shape index (κ2) is 6.06. The van der Waals surface area contributed by atoms with Crippen molar-refractivity contribution in [3.63, 3.8) is 0 Å². The van der Waals surface area contributed by atoms with Crippen LogP contribution < -0.4 is 16.2 Å². The average Bonchev–Trinajstić information content (AvgIpc) is 2.29. The zero-order valence-electron chi connectivity index (χ0n) is 9.60. The normalized spacial score (nSPS) is 9.89. The molecule has 2 amide bonds. The van der Waals surface area contributed by atoms with Crippen LogP contribution in [-0.2, 0) is 17.2 Å². The molecule has 7 nitrogen and oxygen atoms in total. The minimum Gasteiger partial charge on any atom is -0.445 e. The van der Waals surface area contributed by atoms with Gasteiger partial charge in [-0.3, -0.25) is 4.98 Å². The number of nitrogens with two attached hydrogens (primary N) is 2. The monoisotopic (exact) mass is 273 g/mol. The van der Waals surface area contributed by atoms with Gasteiger partial charge in [-0.1, -0.05) is 0 Å². The Labute approximate surface area is 108 Å². The number of aryl methyl sites for hydroxylation is 1. The summed E-state index contributed by atoms with van der Waals surface area (Å²) in [5.74, 6) is 0.238. The maximum Gasteiger partial charge on any atom is 0.410 e. The van der Waals surface area contributed by atoms with E-state index in [1.165, 1.54) is 6.20 Å². The number of halogens is 1. The molecule has 0 fully saturated rings. The van der Waals surface area contributed by atoms with Crippen LogP contribution in [-0.4, -0.2) is 17.2 Å². The highest BCUT2D eigenvalue weighted by molar-refractivity contribution is 6.17. The molecule has 0 atom stereocenters. The van der Waals surface area contributed by atoms with E-state index in [2.05, 4.69) is 9.72 Å². The van der Waals surface area contributed by atoms with Crippen molar-refractivity contribution in [2.24, 2.45) is 11.5 Å². The lowest BCUT2D eigenvalue weighted by Gasteiger charge is -2.13. The molecule has 0 saturated carbocycles. The van der Waals surface area contributed by atoms with E-state index < -0.39 is 12.2 Å². The molecule has 0 saturated heterocycles. The molecular formula is C10H12ClN3O4. The summed E-state index contributed by atoms with van der Waals surface area (Å²) in [5, 5.41) is 0. The van der Waals surface area contributed by atoms with Crippen LogP contribution in [0.1, 0.15) is 16.8 Å². The van der Waals surface area contributed by atoms with Crippen LogP contribution in [0.2, 0.25) is 0 Å². The molecule has 0 aromatic carbocycles. The van der Waals surface area contributed by atoms with Gasteiger partial charge >= 0.3 is 12.2 Å². The molecular weight excluding hydrogens is 262 g/mol. The SMILES string of the molecule is Cc1ncc(CCl)c(COC(N)=O)c1OC(N)=O. The number of hydrogen-bond donors (Lipinski definition) is 2. The van der Waals surface area contributed by atoms with E-state index in [-0.39, 0.29) is 18.2 Å². The molecule has 1 aromatic rings. The third kappa shape index (κ3) is 3.49. The Balaban J connectivity index is 3.17. The van der Waals surface area contributed by atoms with Gasteiger partial charge in [-0.2, -0.15) is 0 Å². The number of aromatic nitrogens is 1. The van der Waals surface area contributed by atoms with E-state index in [9.17, 15) is 9.59 Å². The highest BCUT2D eigenvalue weighted by Crippen LogP contribution is 2.27. The van der Waals surface area contributed by atoms with E-state index in [0.29, 0.717) is 16.8 Å². The third-order valence-electron chi connectivity index (χ3n) is 2.11. The molecule has 1 rings (SSSR count). The topological polar surface area (TPSA) is 118 Å². The number of carbonyl (C=O) groups excluding carboxylic acids is 2. The molecule has 1 aromatic heterocycles. The molecule has 18 heavy (non-hydrogen) atoms. The molecule has 0 radical (unpaired) electrons. The lowest BCUT2D eigenvalue weighted by atomic mass is 10.1. The number of pyridine rings is 1. The van der Waals surface area contributed by atoms with E-state index in [0.717, 1.165) is 0 Å². The smallest absolute Gasteiger partial charge is 0.410 e. The number of hydrogen-bond acceptors (Lipinski definition) is 5. The summed E-state index contributed by atoms with van der Waals surface area (Å²) in [7, 11) is 0. The van der Waals surface area contributed by atoms with Crippen molar-refractivity contribution in [2.45, 2.75) is 19.4 Å². The number of rotatable bonds is 4. The van der Waals surface area contributed by atoms with Gasteiger partial charge in [0.25, 0.3) is 0 Å². The van der Waals surface area contributed by atoms with Gasteiger partial charge < -0.3 is 20.9 Å². The minimum atomic E-state index is -0.994. The predicted molar refractivity (Wildman–Crippen MR) is 63.1 cm³/mol. The first-order valence-corrected chi connectivity index (χ1v) is 5.42. The summed E-state index contributed by atoms with van der Waals surface area (Å²) in [5.41, 5.74) is 11.2. The summed E-state index contributed by atoms with van der Waals surface area (Å²) in [6, 6.07) is 0. The van der Waals surface area contributed by atoms with Crippen LogP contribution in [0.5, 0.6) is 5.75 Å². The van der Waals surface area contributed by atoms with Gasteiger partial charge in [-0.15, -0.1) is 11.6 Å². The second-order valence-corrected chi connectivity index (χ2v) is 3.61. The maximum absolute atomic E-state index is 10.8. The largest absolute Gasteiger partial charge is 0.445 e. The Morgan fingerprint density at radius 3 is 2.56 bits per heavy atom. The average molecular weight is 274 g/mol. The third-order valence-corrected chi connectivity index (χ3v) is 2.40. The Kier molecular flexibility index (Phi) is 4.73. The second-order valence-electron chi connectivity index (χ2n) is 3.34. The number of carbonyl (C=O) groups is 2. The zero-order valence-corrected chi connectivity index (χ0v) is 10.4. The van der Waals surface area contributed by atoms with Crippen molar-refractivity contribution in [2.75, 3.05) is 0 Å². The zero-order chi connectivity index (χ0) is 13.7. The quantitative estimate of drug-likeness (QED) is 0.799. The van der Waals surface area contributed by atoms with Crippen molar-refractivity contribution >= 4 is 23.8 Å². The number of alkyl halides is 1. The molecule has 0 aliphatic rings. The summed E-state index contributed by atoms with van der Waals surface area (Å²) in [6.07, 6.45) is -0.447. The Bertz CT molecular complexity index is 478. The van der Waals surface area contributed by atoms with Crippen molar-refractivity contribution in [3.8, 4) is 5.75 Å². The van der Waals surface area contributed by atoms with Crippen molar-refractivity contribution in [3.05, 3.63) is 23.0 Å². The molecule has 0 aliphatic carbocycles. The maximum atomic E-state index is 10.8. The molecule has 0 aliphatic heterocycles. The van der Waals surface area contributed by atoms with Crippen molar-refractivity contribution in [1.82, 2.24) is 4.98 Å². The van der Waals surface area contributed by atoms with Crippen LogP contribution in [0, 0.1) is 6.92 Å². The highest BCUT2D eigenvalue weighted by Gasteiger charge is 2.16. The Morgan fingerprint density at radius 2 is 2.06 bits per heavy atom. The van der Waals surface area contributed by atoms with Gasteiger partial charge in [0.05, 0.1) is 5.69 Å². The van der Waals surface area contributed by atoms with E-state index in [1.807, 2.05) is 0 Å². The standard InChI is InChI=1S/C10H12ClN3O4/c1-5-8(18-10(13)16)7(4-17-9(12)15)6(2-11)3-14-5/h3H,2,4H2,1H3,(H2,12,15)(H2,13,16). The number of primary amides is 2. The van der Waals surface area contributed by atoms with Gasteiger partial charge in [-0.25, -0.2) is 9.59 Å². The first kappa shape index (κ1) is 14.0. The first-order valence-electron chi connectivity index (χ1n) is 4.88. The van der Waals surface area contributed by atoms with Gasteiger partial charge in [-0.05, 0) is 12.5 Å². The molecule has 4 N–H and O–H groups in total. The van der Waals surface area contributed by atoms with Crippen molar-refractivity contribution < 1.29 is 19.1 Å². The van der Waals surface area contributed by atoms with Gasteiger partial charge in [0.2, 0.25) is 0 Å². The van der Waals surface area contributed by atoms with Crippen LogP contribution in [0.15, 0.2) is 6.20 Å². The van der Waals surface area contributed by atoms with Gasteiger partial charge in [0.1, 0.15) is 6.61 Å². The van der Waals surface area contributed by atoms with Crippen molar-refractivity contribution in [1.29, 1.82) is 0 Å². The number of amides is 2. The predicted octanol–water partition coefficient (Wildman–Crippen LogP) is 1.18. The fourth-order valence-electron chi connectivity index (χ4n) is 1.33. The van der Waals surface area contributed by atoms with Gasteiger partial charge in [0, 0.05) is 17.6 Å². The molecule has 0 bridgehead atoms. The van der Waals surface area contributed by atoms with E-state index in [1.54, 1.807) is 6.92 Å². The fourth-order valence-corrected chi connectivity index (χ4v) is 1.56. The molecule has 98 valence electrons. The first-order chi connectivity index (χ1) is 8.45. The molecule has 1 heterocycles. The lowest BCUT2D eigenvalue weighted by molar-refractivity contribution is 0.148. The van der Waals surface area contributed by atoms with E-state index >= 15 is 0 Å². The van der Waals surface area contributed by atoms with Gasteiger partial charge in [0.15, 0.2) is 5.75 Å². The highest BCUT2D eigenvalue weighted by atomic mass is 35.5. The number of ether oxygens (including phenoxy) is 2. The number of nitrogens with zero attached hydrogens (tertiary/aromatic N) is 1. The summed E-state index contributed by atoms with van der Waals surface area (Å²) in [4.78, 5) is 25.4. The molecule has 8 heteroatoms. The Hall–Kier alpha value is -2.02. The summed E-state index contributed by atoms with van der Waals surface area (Å²) < 4.78 is 9.50.